The van der Waals surface area contributed by atoms with Gasteiger partial charge < -0.3 is 31.2 Å². The third-order valence-electron chi connectivity index (χ3n) is 5.27. The zero-order valence-electron chi connectivity index (χ0n) is 20.8. The Morgan fingerprint density at radius 3 is 2.44 bits per heavy atom. The number of nitrogens with one attached hydrogen (secondary N) is 1. The summed E-state index contributed by atoms with van der Waals surface area (Å²) in [6, 6.07) is 8.63. The van der Waals surface area contributed by atoms with Crippen LogP contribution in [0.4, 0.5) is 17.5 Å². The van der Waals surface area contributed by atoms with Crippen LogP contribution in [0.1, 0.15) is 28.9 Å². The zero-order valence-corrected chi connectivity index (χ0v) is 20.8. The van der Waals surface area contributed by atoms with E-state index in [4.69, 9.17) is 26.7 Å². The Morgan fingerprint density at radius 2 is 1.74 bits per heavy atom. The van der Waals surface area contributed by atoms with Crippen LogP contribution in [0, 0.1) is 22.7 Å². The van der Waals surface area contributed by atoms with Crippen molar-refractivity contribution in [2.75, 3.05) is 36.6 Å². The van der Waals surface area contributed by atoms with Gasteiger partial charge in [-0.05, 0) is 30.7 Å². The number of esters is 2. The van der Waals surface area contributed by atoms with Crippen LogP contribution >= 0.6 is 0 Å². The van der Waals surface area contributed by atoms with Crippen molar-refractivity contribution in [1.29, 1.82) is 10.5 Å². The molecule has 0 aliphatic carbocycles. The van der Waals surface area contributed by atoms with Crippen molar-refractivity contribution in [1.82, 2.24) is 25.3 Å². The predicted octanol–water partition coefficient (Wildman–Crippen LogP) is 0.233. The summed E-state index contributed by atoms with van der Waals surface area (Å²) in [6.45, 7) is -0.589. The molecule has 1 amide bonds. The highest BCUT2D eigenvalue weighted by molar-refractivity contribution is 5.97. The molecule has 0 aliphatic rings. The lowest BCUT2D eigenvalue weighted by atomic mass is 10.1. The lowest BCUT2D eigenvalue weighted by molar-refractivity contribution is -0.146. The molecule has 3 aromatic rings. The topological polar surface area (TPSA) is 236 Å². The van der Waals surface area contributed by atoms with Gasteiger partial charge in [-0.25, -0.2) is 14.8 Å². The zero-order chi connectivity index (χ0) is 28.4. The van der Waals surface area contributed by atoms with E-state index in [0.717, 1.165) is 5.69 Å². The Hall–Kier alpha value is -5.57. The predicted molar refractivity (Wildman–Crippen MR) is 136 cm³/mol. The molecule has 5 N–H and O–H groups in total. The Morgan fingerprint density at radius 1 is 1.05 bits per heavy atom. The number of nitrogens with two attached hydrogens (primary N) is 2. The number of rotatable bonds is 11. The van der Waals surface area contributed by atoms with Gasteiger partial charge >= 0.3 is 11.9 Å². The molecule has 1 atom stereocenters. The molecule has 0 unspecified atom stereocenters. The molecule has 0 bridgehead atoms. The molecule has 0 aliphatic heterocycles. The summed E-state index contributed by atoms with van der Waals surface area (Å²) in [4.78, 5) is 55.3. The maximum atomic E-state index is 12.8. The molecule has 39 heavy (non-hydrogen) atoms. The molecule has 0 spiro atoms. The fraction of sp³-hybridized carbons (Fsp3) is 0.292. The first-order chi connectivity index (χ1) is 18.7. The molecule has 0 fully saturated rings. The van der Waals surface area contributed by atoms with Gasteiger partial charge in [-0.2, -0.15) is 20.5 Å². The monoisotopic (exact) mass is 532 g/mol. The molecule has 0 saturated heterocycles. The fourth-order valence-corrected chi connectivity index (χ4v) is 3.40. The number of carbonyl (C=O) groups excluding carboxylic acids is 3. The Labute approximate surface area is 222 Å². The van der Waals surface area contributed by atoms with E-state index in [1.807, 2.05) is 11.9 Å². The van der Waals surface area contributed by atoms with Gasteiger partial charge in [0, 0.05) is 24.7 Å². The number of nitrogen functional groups attached to an aromatic ring is 2. The highest BCUT2D eigenvalue weighted by Gasteiger charge is 2.24. The summed E-state index contributed by atoms with van der Waals surface area (Å²) >= 11 is 0. The fourth-order valence-electron chi connectivity index (χ4n) is 3.40. The highest BCUT2D eigenvalue weighted by atomic mass is 16.5. The van der Waals surface area contributed by atoms with Crippen molar-refractivity contribution in [2.24, 2.45) is 0 Å². The Kier molecular flexibility index (Phi) is 9.42. The molecule has 15 heteroatoms. The maximum Gasteiger partial charge on any atom is 0.329 e. The van der Waals surface area contributed by atoms with E-state index < -0.39 is 37.1 Å². The standard InChI is InChI=1S/C24H24N10O5/c1-34(13-15-12-29-21-19(30-15)20(27)32-24(28)33-21)16-4-2-14(3-5-16)22(36)31-17(23(37)39-11-9-26)6-7-18(35)38-10-8-25/h2-5,12,17H,6-7,10-11,13H2,1H3,(H,31,36)(H4,27,28,29,32,33)/t17-/m0/s1. The summed E-state index contributed by atoms with van der Waals surface area (Å²) < 4.78 is 9.45. The molecule has 1 aromatic carbocycles. The van der Waals surface area contributed by atoms with E-state index in [0.29, 0.717) is 17.8 Å². The van der Waals surface area contributed by atoms with Gasteiger partial charge in [0.1, 0.15) is 18.2 Å². The smallest absolute Gasteiger partial charge is 0.329 e. The van der Waals surface area contributed by atoms with E-state index >= 15 is 0 Å². The summed E-state index contributed by atoms with van der Waals surface area (Å²) in [5.74, 6) is -2.06. The molecule has 3 rings (SSSR count). The highest BCUT2D eigenvalue weighted by Crippen LogP contribution is 2.19. The van der Waals surface area contributed by atoms with Crippen molar-refractivity contribution in [3.8, 4) is 12.1 Å². The first kappa shape index (κ1) is 28.0. The van der Waals surface area contributed by atoms with E-state index in [2.05, 4.69) is 30.0 Å². The van der Waals surface area contributed by atoms with Crippen molar-refractivity contribution in [3.63, 3.8) is 0 Å². The number of benzene rings is 1. The average molecular weight is 533 g/mol. The summed E-state index contributed by atoms with van der Waals surface area (Å²) in [6.07, 6.45) is 1.16. The van der Waals surface area contributed by atoms with Crippen LogP contribution in [-0.4, -0.2) is 64.1 Å². The Bertz CT molecular complexity index is 1450. The number of nitrogens with zero attached hydrogens (tertiary/aromatic N) is 7. The van der Waals surface area contributed by atoms with Crippen LogP contribution in [-0.2, 0) is 25.6 Å². The van der Waals surface area contributed by atoms with Gasteiger partial charge in [-0.3, -0.25) is 9.59 Å². The van der Waals surface area contributed by atoms with Crippen LogP contribution in [0.5, 0.6) is 0 Å². The van der Waals surface area contributed by atoms with Crippen molar-refractivity contribution in [2.45, 2.75) is 25.4 Å². The maximum absolute atomic E-state index is 12.8. The summed E-state index contributed by atoms with van der Waals surface area (Å²) in [7, 11) is 1.82. The first-order valence-corrected chi connectivity index (χ1v) is 11.4. The first-order valence-electron chi connectivity index (χ1n) is 11.4. The van der Waals surface area contributed by atoms with Gasteiger partial charge in [0.15, 0.2) is 30.2 Å². The quantitative estimate of drug-likeness (QED) is 0.280. The number of amides is 1. The third kappa shape index (κ3) is 7.70. The van der Waals surface area contributed by atoms with Crippen LogP contribution in [0.15, 0.2) is 30.5 Å². The average Bonchev–Trinajstić information content (AvgIpc) is 2.92. The number of hydrogen-bond donors (Lipinski definition) is 3. The largest absolute Gasteiger partial charge is 0.450 e. The number of anilines is 3. The SMILES string of the molecule is CN(Cc1cnc2nc(N)nc(N)c2n1)c1ccc(C(=O)N[C@@H](CCC(=O)OCC#N)C(=O)OCC#N)cc1. The second-order valence-electron chi connectivity index (χ2n) is 8.05. The molecular formula is C24H24N10O5. The van der Waals surface area contributed by atoms with Crippen LogP contribution in [0.25, 0.3) is 11.2 Å². The van der Waals surface area contributed by atoms with Crippen LogP contribution in [0.2, 0.25) is 0 Å². The van der Waals surface area contributed by atoms with Crippen molar-refractivity contribution >= 4 is 46.5 Å². The number of ether oxygens (including phenoxy) is 2. The van der Waals surface area contributed by atoms with Crippen molar-refractivity contribution < 1.29 is 23.9 Å². The number of aromatic nitrogens is 4. The Balaban J connectivity index is 1.66. The minimum atomic E-state index is -1.21. The van der Waals surface area contributed by atoms with E-state index in [9.17, 15) is 14.4 Å². The number of fused-ring (bicyclic) bond motifs is 1. The molecule has 2 heterocycles. The minimum Gasteiger partial charge on any atom is -0.450 e. The molecule has 0 radical (unpaired) electrons. The lowest BCUT2D eigenvalue weighted by Crippen LogP contribution is -2.42. The van der Waals surface area contributed by atoms with E-state index in [1.54, 1.807) is 42.6 Å². The molecular weight excluding hydrogens is 508 g/mol. The molecule has 2 aromatic heterocycles. The molecule has 0 saturated carbocycles. The van der Waals surface area contributed by atoms with Gasteiger partial charge in [-0.1, -0.05) is 0 Å². The second-order valence-corrected chi connectivity index (χ2v) is 8.05. The summed E-state index contributed by atoms with van der Waals surface area (Å²) in [5.41, 5.74) is 13.7. The molecule has 200 valence electrons. The van der Waals surface area contributed by atoms with Gasteiger partial charge in [-0.15, -0.1) is 0 Å². The van der Waals surface area contributed by atoms with Gasteiger partial charge in [0.05, 0.1) is 18.4 Å². The molecule has 15 nitrogen and oxygen atoms in total. The summed E-state index contributed by atoms with van der Waals surface area (Å²) in [5, 5.41) is 19.7. The minimum absolute atomic E-state index is 0.00628. The van der Waals surface area contributed by atoms with E-state index in [1.165, 1.54) is 0 Å². The van der Waals surface area contributed by atoms with Gasteiger partial charge in [0.25, 0.3) is 5.91 Å². The second kappa shape index (κ2) is 13.1. The van der Waals surface area contributed by atoms with E-state index in [-0.39, 0.29) is 35.8 Å². The number of nitriles is 2. The normalized spacial score (nSPS) is 11.1. The lowest BCUT2D eigenvalue weighted by Gasteiger charge is -2.20. The number of hydrogen-bond acceptors (Lipinski definition) is 14. The van der Waals surface area contributed by atoms with Crippen LogP contribution < -0.4 is 21.7 Å². The van der Waals surface area contributed by atoms with Crippen molar-refractivity contribution in [3.05, 3.63) is 41.7 Å². The van der Waals surface area contributed by atoms with Gasteiger partial charge in [0.2, 0.25) is 5.95 Å². The number of carbonyl (C=O) groups is 3. The third-order valence-corrected chi connectivity index (χ3v) is 5.27. The van der Waals surface area contributed by atoms with Crippen LogP contribution in [0.3, 0.4) is 0 Å².